The van der Waals surface area contributed by atoms with Gasteiger partial charge in [-0.05, 0) is 51.1 Å². The summed E-state index contributed by atoms with van der Waals surface area (Å²) in [6, 6.07) is 4.21. The summed E-state index contributed by atoms with van der Waals surface area (Å²) in [6.45, 7) is 1.63. The number of hydrogen-bond donors (Lipinski definition) is 2. The third-order valence-electron chi connectivity index (χ3n) is 4.37. The number of benzene rings is 1. The average molecular weight is 372 g/mol. The van der Waals surface area contributed by atoms with Crippen LogP contribution in [0.15, 0.2) is 18.2 Å². The van der Waals surface area contributed by atoms with Crippen molar-refractivity contribution in [2.24, 2.45) is 0 Å². The molecule has 1 aliphatic rings. The van der Waals surface area contributed by atoms with E-state index >= 15 is 0 Å². The number of anilines is 1. The monoisotopic (exact) mass is 371 g/mol. The number of likely N-dealkylation sites (N-methyl/N-ethyl adjacent to an activating group) is 1. The van der Waals surface area contributed by atoms with Crippen LogP contribution >= 0.6 is 11.6 Å². The molecule has 1 amide bonds. The molecule has 2 N–H and O–H groups in total. The summed E-state index contributed by atoms with van der Waals surface area (Å²) in [5.74, 6) is -1.66. The summed E-state index contributed by atoms with van der Waals surface area (Å²) in [6.07, 6.45) is 2.57. The number of carboxylic acids is 1. The fourth-order valence-electron chi connectivity index (χ4n) is 3.07. The van der Waals surface area contributed by atoms with Gasteiger partial charge in [-0.25, -0.2) is 4.39 Å². The maximum absolute atomic E-state index is 13.7. The molecular weight excluding hydrogens is 349 g/mol. The summed E-state index contributed by atoms with van der Waals surface area (Å²) < 4.78 is 13.7. The van der Waals surface area contributed by atoms with Crippen molar-refractivity contribution in [1.29, 1.82) is 0 Å². The molecule has 8 heteroatoms. The van der Waals surface area contributed by atoms with Gasteiger partial charge in [-0.15, -0.1) is 0 Å². The number of amides is 1. The second kappa shape index (κ2) is 9.12. The number of nitrogens with zero attached hydrogens (tertiary/aromatic N) is 2. The minimum absolute atomic E-state index is 0.0131. The topological polar surface area (TPSA) is 72.9 Å². The number of likely N-dealkylation sites (tertiary alicyclic amines) is 1. The van der Waals surface area contributed by atoms with E-state index in [1.54, 1.807) is 0 Å². The number of halogens is 2. The van der Waals surface area contributed by atoms with Crippen molar-refractivity contribution in [3.63, 3.8) is 0 Å². The van der Waals surface area contributed by atoms with Gasteiger partial charge in [0.2, 0.25) is 5.91 Å². The lowest BCUT2D eigenvalue weighted by Gasteiger charge is -2.25. The van der Waals surface area contributed by atoms with E-state index in [1.807, 2.05) is 16.8 Å². The Labute approximate surface area is 151 Å². The van der Waals surface area contributed by atoms with Gasteiger partial charge in [-0.1, -0.05) is 11.6 Å². The van der Waals surface area contributed by atoms with Gasteiger partial charge in [-0.2, -0.15) is 0 Å². The quantitative estimate of drug-likeness (QED) is 0.802. The molecule has 25 heavy (non-hydrogen) atoms. The van der Waals surface area contributed by atoms with Crippen LogP contribution in [0.5, 0.6) is 0 Å². The summed E-state index contributed by atoms with van der Waals surface area (Å²) in [5.41, 5.74) is 0.0754. The average Bonchev–Trinajstić information content (AvgIpc) is 2.76. The maximum Gasteiger partial charge on any atom is 0.317 e. The summed E-state index contributed by atoms with van der Waals surface area (Å²) >= 11 is 5.82. The first-order valence-corrected chi connectivity index (χ1v) is 8.62. The molecule has 2 rings (SSSR count). The van der Waals surface area contributed by atoms with Crippen LogP contribution in [0.3, 0.4) is 0 Å². The molecule has 6 nitrogen and oxygen atoms in total. The number of nitrogens with one attached hydrogen (secondary N) is 1. The minimum atomic E-state index is -0.841. The molecule has 1 aromatic rings. The number of hydrogen-bond acceptors (Lipinski definition) is 4. The van der Waals surface area contributed by atoms with E-state index in [0.717, 1.165) is 25.8 Å². The highest BCUT2D eigenvalue weighted by Gasteiger charge is 2.22. The zero-order chi connectivity index (χ0) is 18.4. The Morgan fingerprint density at radius 3 is 2.88 bits per heavy atom. The van der Waals surface area contributed by atoms with Crippen LogP contribution in [-0.4, -0.2) is 66.1 Å². The highest BCUT2D eigenvalue weighted by molar-refractivity contribution is 6.30. The van der Waals surface area contributed by atoms with Gasteiger partial charge in [0.05, 0.1) is 18.8 Å². The normalized spacial score (nSPS) is 18.8. The molecule has 1 saturated heterocycles. The molecule has 1 heterocycles. The first-order valence-electron chi connectivity index (χ1n) is 8.24. The zero-order valence-electron chi connectivity index (χ0n) is 14.2. The molecule has 0 aromatic heterocycles. The lowest BCUT2D eigenvalue weighted by molar-refractivity contribution is -0.138. The molecule has 1 unspecified atom stereocenters. The van der Waals surface area contributed by atoms with E-state index in [9.17, 15) is 14.0 Å². The first-order chi connectivity index (χ1) is 11.8. The zero-order valence-corrected chi connectivity index (χ0v) is 14.9. The standard InChI is InChI=1S/C17H23ClFN3O3/c1-21(11-17(24)25)13-3-2-7-22(8-6-13)10-16(23)20-15-9-12(18)4-5-14(15)19/h4-5,9,13H,2-3,6-8,10-11H2,1H3,(H,20,23)(H,24,25). The SMILES string of the molecule is CN(CC(=O)O)C1CCCN(CC(=O)Nc2cc(Cl)ccc2F)CC1. The summed E-state index contributed by atoms with van der Waals surface area (Å²) in [4.78, 5) is 26.8. The maximum atomic E-state index is 13.7. The van der Waals surface area contributed by atoms with E-state index in [4.69, 9.17) is 16.7 Å². The molecule has 1 atom stereocenters. The molecular formula is C17H23ClFN3O3. The van der Waals surface area contributed by atoms with Crippen molar-refractivity contribution in [2.75, 3.05) is 38.5 Å². The Bertz CT molecular complexity index is 629. The van der Waals surface area contributed by atoms with Gasteiger partial charge >= 0.3 is 5.97 Å². The summed E-state index contributed by atoms with van der Waals surface area (Å²) in [7, 11) is 1.81. The molecule has 1 fully saturated rings. The van der Waals surface area contributed by atoms with Crippen LogP contribution < -0.4 is 5.32 Å². The molecule has 0 bridgehead atoms. The fourth-order valence-corrected chi connectivity index (χ4v) is 3.24. The first kappa shape index (κ1) is 19.6. The lowest BCUT2D eigenvalue weighted by Crippen LogP contribution is -2.37. The third-order valence-corrected chi connectivity index (χ3v) is 4.60. The van der Waals surface area contributed by atoms with E-state index < -0.39 is 11.8 Å². The van der Waals surface area contributed by atoms with Crippen molar-refractivity contribution in [3.8, 4) is 0 Å². The van der Waals surface area contributed by atoms with Gasteiger partial charge in [-0.3, -0.25) is 19.4 Å². The second-order valence-electron chi connectivity index (χ2n) is 6.34. The van der Waals surface area contributed by atoms with E-state index in [-0.39, 0.29) is 30.7 Å². The second-order valence-corrected chi connectivity index (χ2v) is 6.78. The number of rotatable bonds is 6. The van der Waals surface area contributed by atoms with Crippen LogP contribution in [0, 0.1) is 5.82 Å². The molecule has 0 spiro atoms. The minimum Gasteiger partial charge on any atom is -0.480 e. The number of carbonyl (C=O) groups is 2. The predicted molar refractivity (Wildman–Crippen MR) is 94.4 cm³/mol. The number of carbonyl (C=O) groups excluding carboxylic acids is 1. The van der Waals surface area contributed by atoms with Crippen LogP contribution in [0.2, 0.25) is 5.02 Å². The Hall–Kier alpha value is -1.70. The van der Waals surface area contributed by atoms with Gasteiger partial charge in [0.15, 0.2) is 0 Å². The molecule has 1 aromatic carbocycles. The Morgan fingerprint density at radius 2 is 2.16 bits per heavy atom. The largest absolute Gasteiger partial charge is 0.480 e. The predicted octanol–water partition coefficient (Wildman–Crippen LogP) is 2.29. The van der Waals surface area contributed by atoms with E-state index in [0.29, 0.717) is 11.6 Å². The highest BCUT2D eigenvalue weighted by atomic mass is 35.5. The Kier molecular flexibility index (Phi) is 7.16. The smallest absolute Gasteiger partial charge is 0.317 e. The number of carboxylic acid groups (broad SMARTS) is 1. The summed E-state index contributed by atoms with van der Waals surface area (Å²) in [5, 5.41) is 11.8. The van der Waals surface area contributed by atoms with Gasteiger partial charge in [0, 0.05) is 17.6 Å². The number of aliphatic carboxylic acids is 1. The van der Waals surface area contributed by atoms with Crippen LogP contribution in [-0.2, 0) is 9.59 Å². The Balaban J connectivity index is 1.85. The van der Waals surface area contributed by atoms with Gasteiger partial charge < -0.3 is 10.4 Å². The van der Waals surface area contributed by atoms with Crippen LogP contribution in [0.4, 0.5) is 10.1 Å². The van der Waals surface area contributed by atoms with Crippen molar-refractivity contribution in [3.05, 3.63) is 29.0 Å². The Morgan fingerprint density at radius 1 is 1.40 bits per heavy atom. The molecule has 1 aliphatic heterocycles. The van der Waals surface area contributed by atoms with E-state index in [1.165, 1.54) is 18.2 Å². The fraction of sp³-hybridized carbons (Fsp3) is 0.529. The lowest BCUT2D eigenvalue weighted by atomic mass is 10.1. The molecule has 0 aliphatic carbocycles. The van der Waals surface area contributed by atoms with Crippen molar-refractivity contribution >= 4 is 29.2 Å². The highest BCUT2D eigenvalue weighted by Crippen LogP contribution is 2.20. The molecule has 0 radical (unpaired) electrons. The van der Waals surface area contributed by atoms with Crippen LogP contribution in [0.25, 0.3) is 0 Å². The third kappa shape index (κ3) is 6.26. The van der Waals surface area contributed by atoms with Crippen molar-refractivity contribution in [1.82, 2.24) is 9.80 Å². The van der Waals surface area contributed by atoms with Crippen molar-refractivity contribution in [2.45, 2.75) is 25.3 Å². The molecule has 138 valence electrons. The van der Waals surface area contributed by atoms with Gasteiger partial charge in [0.1, 0.15) is 5.82 Å². The van der Waals surface area contributed by atoms with Crippen LogP contribution in [0.1, 0.15) is 19.3 Å². The molecule has 0 saturated carbocycles. The van der Waals surface area contributed by atoms with E-state index in [2.05, 4.69) is 5.32 Å². The van der Waals surface area contributed by atoms with Gasteiger partial charge in [0.25, 0.3) is 0 Å². The van der Waals surface area contributed by atoms with Crippen molar-refractivity contribution < 1.29 is 19.1 Å².